The molecule has 4 aliphatic rings. The van der Waals surface area contributed by atoms with E-state index in [9.17, 15) is 121 Å². The molecule has 17 nitrogen and oxygen atoms in total. The summed E-state index contributed by atoms with van der Waals surface area (Å²) in [6.45, 7) is 31.6. The van der Waals surface area contributed by atoms with E-state index >= 15 is 0 Å². The number of ether oxygens (including phenoxy) is 7. The largest absolute Gasteiger partial charge is 0.517 e. The number of nitrogens with zero attached hydrogens (tertiary/aromatic N) is 1. The van der Waals surface area contributed by atoms with Crippen LogP contribution in [-0.2, 0) is 88.5 Å². The number of carbonyl (C=O) groups is 7. The molecule has 14 atom stereocenters. The summed E-state index contributed by atoms with van der Waals surface area (Å²) >= 11 is 2.13. The van der Waals surface area contributed by atoms with Crippen molar-refractivity contribution in [1.82, 2.24) is 4.31 Å². The second-order valence-corrected chi connectivity index (χ2v) is 33.6. The van der Waals surface area contributed by atoms with Crippen molar-refractivity contribution in [2.45, 2.75) is 278 Å². The minimum absolute atomic E-state index is 0.0779. The van der Waals surface area contributed by atoms with Crippen molar-refractivity contribution in [1.29, 1.82) is 0 Å². The van der Waals surface area contributed by atoms with Gasteiger partial charge in [0.05, 0.1) is 22.3 Å². The molecule has 0 aromatic heterocycles. The third kappa shape index (κ3) is 25.9. The van der Waals surface area contributed by atoms with Gasteiger partial charge in [-0.2, -0.15) is 91.8 Å². The molecule has 0 N–H and O–H groups in total. The van der Waals surface area contributed by atoms with Gasteiger partial charge in [0.25, 0.3) is 0 Å². The summed E-state index contributed by atoms with van der Waals surface area (Å²) in [5.41, 5.74) is -13.3. The van der Waals surface area contributed by atoms with Crippen LogP contribution in [0.15, 0.2) is 42.5 Å². The second-order valence-electron chi connectivity index (χ2n) is 29.4. The summed E-state index contributed by atoms with van der Waals surface area (Å²) < 4.78 is 284. The van der Waals surface area contributed by atoms with E-state index in [2.05, 4.69) is 32.1 Å². The van der Waals surface area contributed by atoms with Crippen LogP contribution in [0.4, 0.5) is 79.0 Å². The van der Waals surface area contributed by atoms with E-state index in [1.54, 1.807) is 32.9 Å². The van der Waals surface area contributed by atoms with E-state index in [4.69, 9.17) is 23.7 Å². The molecule has 2 aliphatic heterocycles. The van der Waals surface area contributed by atoms with Crippen LogP contribution in [0.5, 0.6) is 0 Å². The third-order valence-corrected chi connectivity index (χ3v) is 21.8. The Morgan fingerprint density at radius 3 is 1.42 bits per heavy atom. The van der Waals surface area contributed by atoms with Gasteiger partial charge in [0.1, 0.15) is 21.2 Å². The van der Waals surface area contributed by atoms with Crippen LogP contribution in [0.1, 0.15) is 223 Å². The van der Waals surface area contributed by atoms with E-state index in [0.29, 0.717) is 32.1 Å². The van der Waals surface area contributed by atoms with Crippen LogP contribution >= 0.6 is 22.6 Å². The van der Waals surface area contributed by atoms with Crippen molar-refractivity contribution >= 4 is 74.3 Å². The fourth-order valence-electron chi connectivity index (χ4n) is 9.86. The van der Waals surface area contributed by atoms with Gasteiger partial charge in [-0.1, -0.05) is 114 Å². The Morgan fingerprint density at radius 1 is 0.593 bits per heavy atom. The number of hydrogen-bond donors (Lipinski definition) is 0. The van der Waals surface area contributed by atoms with Gasteiger partial charge in [-0.3, -0.25) is 33.6 Å². The van der Waals surface area contributed by atoms with Crippen molar-refractivity contribution < 1.29 is 154 Å². The summed E-state index contributed by atoms with van der Waals surface area (Å²) in [6.07, 6.45) is -26.5. The molecule has 6 rings (SSSR count). The number of esters is 5. The predicted octanol–water partition coefficient (Wildman–Crippen LogP) is 19.4. The molecule has 108 heavy (non-hydrogen) atoms. The van der Waals surface area contributed by atoms with Gasteiger partial charge in [0.2, 0.25) is 11.8 Å². The standard InChI is InChI=1S/C23H26F6O2.C14H20O4.C9H12F6O2.C9H15F3O2.C9H17IO2.C7H8F3NO4S/c1-6-15(3)16-7-9-18(10-8-16)21(4,23(27,28)29)31-20(30-5)17-11-14(2)12-19(13-17)22(24,25)26;1-4-14(2,3)13(16)18-10-7-5-8-9(6-7)12(15)17-11(8)10;1-4-7(3,9(13,14)15)6(16)17-5(2)8(10,11)12;1-5-8(3,4)7(13)14-6(2)9(10,11)12;1-6-9(5,10)7(11)12-8(2,3)4;1-3-4(2)6(13)11(5(3)12)16(14,15)7(8,9)10/h7-13,15,20H,6H2,1-5H3;7-11H,4-6H2,1-3H3;5H,4H2,1-3H3;6H,5H2,1-4H3;6H2,1-5H3;3-4H,1-2H3. The molecule has 2 amide bonds. The molecule has 2 aliphatic carbocycles. The van der Waals surface area contributed by atoms with E-state index in [1.807, 2.05) is 69.2 Å². The van der Waals surface area contributed by atoms with E-state index in [-0.39, 0.29) is 67.7 Å². The topological polar surface area (TPSA) is 221 Å². The maximum Gasteiger partial charge on any atom is 0.517 e. The molecular formula is C71H98F18INO16S. The number of rotatable bonds is 19. The SMILES string of the molecule is CC1C(=O)N(S(=O)(=O)C(F)(F)F)C(=O)C1C.CCC(C)(C(=O)OC(C)C(F)(F)F)C(F)(F)F.CCC(C)(C)C(=O)OC(C)C(F)(F)F.CCC(C)(C)C(=O)OC1C2CC3C(=O)OC1C3C2.CCC(C)(I)C(=O)OC(C)(C)C.CCC(C)c1ccc(C(C)(OC(OC)c2cc(C)cc(C(F)(F)F)c2)C(F)(F)F)cc1. The summed E-state index contributed by atoms with van der Waals surface area (Å²) in [7, 11) is -4.82. The Morgan fingerprint density at radius 2 is 1.05 bits per heavy atom. The lowest BCUT2D eigenvalue weighted by Crippen LogP contribution is -2.46. The number of carbonyl (C=O) groups excluding carboxylic acids is 7. The molecule has 14 unspecified atom stereocenters. The third-order valence-electron chi connectivity index (χ3n) is 19.2. The molecular weight excluding hydrogens is 1620 g/mol. The first-order valence-electron chi connectivity index (χ1n) is 34.1. The highest BCUT2D eigenvalue weighted by Gasteiger charge is 2.64. The van der Waals surface area contributed by atoms with E-state index in [1.165, 1.54) is 39.0 Å². The number of halogens is 19. The van der Waals surface area contributed by atoms with Crippen molar-refractivity contribution in [2.75, 3.05) is 7.11 Å². The minimum atomic E-state index is -5.91. The second kappa shape index (κ2) is 37.3. The highest BCUT2D eigenvalue weighted by molar-refractivity contribution is 14.1. The van der Waals surface area contributed by atoms with Gasteiger partial charge in [0, 0.05) is 36.3 Å². The smallest absolute Gasteiger partial charge is 0.459 e. The van der Waals surface area contributed by atoms with Crippen LogP contribution in [0.2, 0.25) is 0 Å². The normalized spacial score (nSPS) is 22.4. The molecule has 37 heteroatoms. The van der Waals surface area contributed by atoms with Crippen LogP contribution in [0, 0.1) is 52.8 Å². The molecule has 0 radical (unpaired) electrons. The Balaban J connectivity index is 0.000000670. The van der Waals surface area contributed by atoms with Crippen LogP contribution in [0.25, 0.3) is 0 Å². The summed E-state index contributed by atoms with van der Waals surface area (Å²) in [6, 6.07) is 8.83. The number of hydrogen-bond acceptors (Lipinski definition) is 16. The molecule has 2 saturated carbocycles. The average molecular weight is 1720 g/mol. The lowest BCUT2D eigenvalue weighted by atomic mass is 9.87. The quantitative estimate of drug-likeness (QED) is 0.0243. The van der Waals surface area contributed by atoms with Crippen LogP contribution in [0.3, 0.4) is 0 Å². The van der Waals surface area contributed by atoms with Gasteiger partial charge in [-0.15, -0.1) is 0 Å². The number of benzene rings is 2. The van der Waals surface area contributed by atoms with Gasteiger partial charge >= 0.3 is 76.3 Å². The Kier molecular flexibility index (Phi) is 34.6. The van der Waals surface area contributed by atoms with Crippen LogP contribution in [-0.4, -0.2) is 125 Å². The maximum absolute atomic E-state index is 14.1. The first kappa shape index (κ1) is 100. The fraction of sp³-hybridized carbons (Fsp3) is 0.732. The van der Waals surface area contributed by atoms with Gasteiger partial charge < -0.3 is 33.2 Å². The zero-order chi connectivity index (χ0) is 85.2. The summed E-state index contributed by atoms with van der Waals surface area (Å²) in [5, 5.41) is 0. The first-order chi connectivity index (χ1) is 48.3. The first-order valence-corrected chi connectivity index (χ1v) is 36.6. The Labute approximate surface area is 631 Å². The number of imide groups is 1. The lowest BCUT2D eigenvalue weighted by molar-refractivity contribution is -0.324. The van der Waals surface area contributed by atoms with Gasteiger partial charge in [0.15, 0.2) is 29.5 Å². The molecule has 4 fully saturated rings. The van der Waals surface area contributed by atoms with Crippen molar-refractivity contribution in [3.63, 3.8) is 0 Å². The van der Waals surface area contributed by atoms with Crippen molar-refractivity contribution in [2.24, 2.45) is 45.8 Å². The molecule has 2 saturated heterocycles. The zero-order valence-electron chi connectivity index (χ0n) is 63.9. The molecule has 2 aromatic carbocycles. The molecule has 2 aromatic rings. The van der Waals surface area contributed by atoms with Crippen molar-refractivity contribution in [3.05, 3.63) is 70.3 Å². The molecule has 0 spiro atoms. The highest BCUT2D eigenvalue weighted by Crippen LogP contribution is 2.56. The number of amides is 2. The van der Waals surface area contributed by atoms with Crippen molar-refractivity contribution in [3.8, 4) is 0 Å². The van der Waals surface area contributed by atoms with Gasteiger partial charge in [-0.05, 0) is 164 Å². The Hall–Kier alpha value is -5.73. The number of aryl methyl sites for hydroxylation is 1. The monoisotopic (exact) mass is 1720 g/mol. The fourth-order valence-corrected chi connectivity index (χ4v) is 11.0. The molecule has 622 valence electrons. The predicted molar refractivity (Wildman–Crippen MR) is 365 cm³/mol. The van der Waals surface area contributed by atoms with E-state index < -0.39 is 139 Å². The number of fused-ring (bicyclic) bond motifs is 1. The number of alkyl halides is 19. The highest BCUT2D eigenvalue weighted by atomic mass is 127. The summed E-state index contributed by atoms with van der Waals surface area (Å²) in [5.74, 6) is -7.04. The zero-order valence-corrected chi connectivity index (χ0v) is 66.9. The molecule has 2 bridgehead atoms. The molecule has 2 heterocycles. The maximum atomic E-state index is 14.1. The van der Waals surface area contributed by atoms with Gasteiger partial charge in [-0.25, -0.2) is 0 Å². The average Bonchev–Trinajstić information content (AvgIpc) is 1.57. The Bertz CT molecular complexity index is 3480. The number of methoxy groups -OCH3 is 1. The van der Waals surface area contributed by atoms with Crippen LogP contribution < -0.4 is 0 Å². The lowest BCUT2D eigenvalue weighted by Gasteiger charge is -2.36. The van der Waals surface area contributed by atoms with E-state index in [0.717, 1.165) is 77.7 Å². The summed E-state index contributed by atoms with van der Waals surface area (Å²) in [4.78, 5) is 80.1. The minimum Gasteiger partial charge on any atom is -0.459 e. The number of sulfonamides is 1.